The van der Waals surface area contributed by atoms with Crippen LogP contribution in [0.4, 0.5) is 4.79 Å². The quantitative estimate of drug-likeness (QED) is 0.667. The third-order valence-corrected chi connectivity index (χ3v) is 5.49. The largest absolute Gasteiger partial charge is 0.481 e. The summed E-state index contributed by atoms with van der Waals surface area (Å²) in [5, 5.41) is 12.3. The van der Waals surface area contributed by atoms with Gasteiger partial charge < -0.3 is 25.8 Å². The molecule has 3 fully saturated rings. The number of primary amides is 1. The van der Waals surface area contributed by atoms with Crippen molar-refractivity contribution in [2.45, 2.75) is 44.3 Å². The third-order valence-electron chi connectivity index (χ3n) is 5.49. The van der Waals surface area contributed by atoms with Gasteiger partial charge in [0.1, 0.15) is 6.10 Å². The van der Waals surface area contributed by atoms with Gasteiger partial charge in [-0.3, -0.25) is 9.59 Å². The molecule has 4 N–H and O–H groups in total. The highest BCUT2D eigenvalue weighted by atomic mass is 16.5. The molecule has 0 spiro atoms. The smallest absolute Gasteiger partial charge is 0.317 e. The zero-order valence-electron chi connectivity index (χ0n) is 13.0. The molecule has 3 aliphatic rings. The molecule has 2 saturated heterocycles. The van der Waals surface area contributed by atoms with Crippen molar-refractivity contribution in [3.8, 4) is 0 Å². The van der Waals surface area contributed by atoms with E-state index in [2.05, 4.69) is 5.32 Å². The van der Waals surface area contributed by atoms with E-state index < -0.39 is 23.4 Å². The van der Waals surface area contributed by atoms with E-state index in [0.29, 0.717) is 32.4 Å². The number of nitrogens with zero attached hydrogens (tertiary/aromatic N) is 1. The zero-order valence-corrected chi connectivity index (χ0v) is 13.0. The zero-order chi connectivity index (χ0) is 16.6. The van der Waals surface area contributed by atoms with Crippen molar-refractivity contribution in [2.24, 2.45) is 17.1 Å². The lowest BCUT2D eigenvalue weighted by Gasteiger charge is -2.23. The minimum absolute atomic E-state index is 0.0488. The first kappa shape index (κ1) is 16.0. The average molecular weight is 325 g/mol. The molecule has 0 aromatic rings. The number of rotatable bonds is 4. The number of fused-ring (bicyclic) bond motifs is 1. The molecule has 2 heterocycles. The number of hydrogen-bond acceptors (Lipinski definition) is 4. The molecule has 3 rings (SSSR count). The number of aliphatic carboxylic acids is 1. The van der Waals surface area contributed by atoms with E-state index in [-0.39, 0.29) is 24.6 Å². The van der Waals surface area contributed by atoms with Crippen molar-refractivity contribution in [2.75, 3.05) is 19.6 Å². The molecule has 8 heteroatoms. The summed E-state index contributed by atoms with van der Waals surface area (Å²) in [6.45, 7) is 1.08. The number of carboxylic acids is 1. The van der Waals surface area contributed by atoms with Crippen LogP contribution in [0.15, 0.2) is 0 Å². The number of carboxylic acid groups (broad SMARTS) is 1. The maximum absolute atomic E-state index is 12.3. The molecule has 3 amide bonds. The Balaban J connectivity index is 1.50. The topological polar surface area (TPSA) is 122 Å². The highest BCUT2D eigenvalue weighted by Crippen LogP contribution is 2.48. The first-order valence-corrected chi connectivity index (χ1v) is 8.13. The summed E-state index contributed by atoms with van der Waals surface area (Å²) in [5.74, 6) is -1.22. The van der Waals surface area contributed by atoms with Crippen molar-refractivity contribution in [3.05, 3.63) is 0 Å². The van der Waals surface area contributed by atoms with Crippen molar-refractivity contribution >= 4 is 17.9 Å². The molecule has 4 atom stereocenters. The second-order valence-electron chi connectivity index (χ2n) is 6.84. The van der Waals surface area contributed by atoms with E-state index in [1.807, 2.05) is 0 Å². The molecule has 0 aromatic carbocycles. The normalized spacial score (nSPS) is 36.0. The Morgan fingerprint density at radius 3 is 2.70 bits per heavy atom. The Kier molecular flexibility index (Phi) is 4.18. The molecular weight excluding hydrogens is 302 g/mol. The molecular formula is C15H23N3O5. The van der Waals surface area contributed by atoms with Crippen LogP contribution in [0.5, 0.6) is 0 Å². The van der Waals surface area contributed by atoms with Crippen LogP contribution in [0, 0.1) is 11.3 Å². The van der Waals surface area contributed by atoms with Gasteiger partial charge in [-0.2, -0.15) is 0 Å². The number of ether oxygens (including phenoxy) is 1. The average Bonchev–Trinajstić information content (AvgIpc) is 3.18. The highest BCUT2D eigenvalue weighted by molar-refractivity contribution is 5.81. The number of nitrogens with two attached hydrogens (primary N) is 1. The first-order chi connectivity index (χ1) is 10.9. The molecule has 0 aromatic heterocycles. The molecule has 0 bridgehead atoms. The molecule has 2 unspecified atom stereocenters. The number of likely N-dealkylation sites (tertiary alicyclic amines) is 1. The summed E-state index contributed by atoms with van der Waals surface area (Å²) in [6.07, 6.45) is 2.88. The number of nitrogens with one attached hydrogen (secondary N) is 1. The number of urea groups is 1. The van der Waals surface area contributed by atoms with Crippen molar-refractivity contribution in [1.82, 2.24) is 10.2 Å². The fraction of sp³-hybridized carbons (Fsp3) is 0.800. The monoisotopic (exact) mass is 325 g/mol. The predicted molar refractivity (Wildman–Crippen MR) is 79.5 cm³/mol. The van der Waals surface area contributed by atoms with E-state index in [0.717, 1.165) is 12.8 Å². The van der Waals surface area contributed by atoms with Gasteiger partial charge in [-0.1, -0.05) is 6.42 Å². The Hall–Kier alpha value is -1.83. The summed E-state index contributed by atoms with van der Waals surface area (Å²) < 4.78 is 5.47. The Bertz CT molecular complexity index is 525. The second-order valence-corrected chi connectivity index (χ2v) is 6.84. The molecule has 23 heavy (non-hydrogen) atoms. The lowest BCUT2D eigenvalue weighted by molar-refractivity contribution is -0.149. The van der Waals surface area contributed by atoms with Crippen molar-refractivity contribution in [1.29, 1.82) is 0 Å². The fourth-order valence-corrected chi connectivity index (χ4v) is 4.17. The van der Waals surface area contributed by atoms with E-state index in [1.54, 1.807) is 4.90 Å². The minimum Gasteiger partial charge on any atom is -0.481 e. The number of carbonyl (C=O) groups excluding carboxylic acids is 2. The van der Waals surface area contributed by atoms with Crippen molar-refractivity contribution < 1.29 is 24.2 Å². The van der Waals surface area contributed by atoms with Crippen LogP contribution < -0.4 is 11.1 Å². The van der Waals surface area contributed by atoms with Crippen LogP contribution in [0.3, 0.4) is 0 Å². The summed E-state index contributed by atoms with van der Waals surface area (Å²) in [6, 6.07) is -0.258. The van der Waals surface area contributed by atoms with E-state index in [9.17, 15) is 19.5 Å². The standard InChI is InChI=1S/C15H23N3O5/c16-12(19)11-4-3-10(23-11)6-17-14(22)18-7-9-2-1-5-15(9,8-18)13(20)21/h9-11H,1-8H2,(H2,16,19)(H,17,22)(H,20,21)/t9-,10?,11?,15+/m0/s1. The minimum atomic E-state index is -0.793. The first-order valence-electron chi connectivity index (χ1n) is 8.13. The molecule has 1 aliphatic carbocycles. The molecule has 8 nitrogen and oxygen atoms in total. The van der Waals surface area contributed by atoms with Crippen LogP contribution >= 0.6 is 0 Å². The van der Waals surface area contributed by atoms with Gasteiger partial charge in [-0.15, -0.1) is 0 Å². The van der Waals surface area contributed by atoms with Crippen LogP contribution in [0.2, 0.25) is 0 Å². The molecule has 2 aliphatic heterocycles. The van der Waals surface area contributed by atoms with Gasteiger partial charge in [0.15, 0.2) is 0 Å². The second kappa shape index (κ2) is 5.99. The summed E-state index contributed by atoms with van der Waals surface area (Å²) >= 11 is 0. The van der Waals surface area contributed by atoms with Crippen LogP contribution in [0.1, 0.15) is 32.1 Å². The summed E-state index contributed by atoms with van der Waals surface area (Å²) in [5.41, 5.74) is 4.43. The number of carbonyl (C=O) groups is 3. The van der Waals surface area contributed by atoms with Crippen molar-refractivity contribution in [3.63, 3.8) is 0 Å². The van der Waals surface area contributed by atoms with Gasteiger partial charge in [0.05, 0.1) is 11.5 Å². The Morgan fingerprint density at radius 1 is 1.30 bits per heavy atom. The van der Waals surface area contributed by atoms with Gasteiger partial charge >= 0.3 is 12.0 Å². The van der Waals surface area contributed by atoms with Gasteiger partial charge in [-0.25, -0.2) is 4.79 Å². The molecule has 1 saturated carbocycles. The van der Waals surface area contributed by atoms with Gasteiger partial charge in [0.2, 0.25) is 5.91 Å². The summed E-state index contributed by atoms with van der Waals surface area (Å²) in [7, 11) is 0. The predicted octanol–water partition coefficient (Wildman–Crippen LogP) is -0.0844. The lowest BCUT2D eigenvalue weighted by Crippen LogP contribution is -2.44. The Labute approximate surface area is 134 Å². The summed E-state index contributed by atoms with van der Waals surface area (Å²) in [4.78, 5) is 36.6. The Morgan fingerprint density at radius 2 is 2.09 bits per heavy atom. The van der Waals surface area contributed by atoms with Crippen LogP contribution in [-0.2, 0) is 14.3 Å². The molecule has 128 valence electrons. The SMILES string of the molecule is NC(=O)C1CCC(CNC(=O)N2C[C@@H]3CCC[C@@]3(C(=O)O)C2)O1. The maximum Gasteiger partial charge on any atom is 0.317 e. The van der Waals surface area contributed by atoms with Gasteiger partial charge in [0, 0.05) is 19.6 Å². The third kappa shape index (κ3) is 2.87. The van der Waals surface area contributed by atoms with Crippen LogP contribution in [0.25, 0.3) is 0 Å². The van der Waals surface area contributed by atoms with Gasteiger partial charge in [-0.05, 0) is 31.6 Å². The number of hydrogen-bond donors (Lipinski definition) is 3. The van der Waals surface area contributed by atoms with E-state index in [1.165, 1.54) is 0 Å². The maximum atomic E-state index is 12.3. The van der Waals surface area contributed by atoms with Gasteiger partial charge in [0.25, 0.3) is 0 Å². The fourth-order valence-electron chi connectivity index (χ4n) is 4.17. The van der Waals surface area contributed by atoms with E-state index in [4.69, 9.17) is 10.5 Å². The van der Waals surface area contributed by atoms with Crippen LogP contribution in [-0.4, -0.2) is 59.8 Å². The van der Waals surface area contributed by atoms with E-state index >= 15 is 0 Å². The number of amides is 3. The lowest BCUT2D eigenvalue weighted by atomic mass is 9.81. The molecule has 0 radical (unpaired) electrons. The highest BCUT2D eigenvalue weighted by Gasteiger charge is 2.55.